The summed E-state index contributed by atoms with van der Waals surface area (Å²) in [6.07, 6.45) is 4.64. The number of aromatic carboxylic acids is 1. The summed E-state index contributed by atoms with van der Waals surface area (Å²) in [6, 6.07) is 12.9. The largest absolute Gasteiger partial charge is 0.485 e. The maximum Gasteiger partial charge on any atom is 0.335 e. The van der Waals surface area contributed by atoms with Gasteiger partial charge in [-0.1, -0.05) is 35.3 Å². The summed E-state index contributed by atoms with van der Waals surface area (Å²) in [6.45, 7) is 1.63. The molecule has 0 aliphatic rings. The van der Waals surface area contributed by atoms with Crippen LogP contribution >= 0.6 is 39.1 Å². The first kappa shape index (κ1) is 29.1. The molecule has 0 unspecified atom stereocenters. The van der Waals surface area contributed by atoms with Crippen LogP contribution < -0.4 is 15.0 Å². The van der Waals surface area contributed by atoms with Crippen LogP contribution in [0.3, 0.4) is 0 Å². The number of fused-ring (bicyclic) bond motifs is 1. The predicted molar refractivity (Wildman–Crippen MR) is 157 cm³/mol. The van der Waals surface area contributed by atoms with Gasteiger partial charge in [0, 0.05) is 29.9 Å². The van der Waals surface area contributed by atoms with Gasteiger partial charge in [0.05, 0.1) is 28.5 Å². The van der Waals surface area contributed by atoms with E-state index in [1.165, 1.54) is 29.2 Å². The summed E-state index contributed by atoms with van der Waals surface area (Å²) in [5.74, 6) is -1.40. The lowest BCUT2D eigenvalue weighted by Crippen LogP contribution is -2.37. The minimum Gasteiger partial charge on any atom is -0.485 e. The fraction of sp³-hybridized carbons (Fsp3) is 0.143. The van der Waals surface area contributed by atoms with Gasteiger partial charge >= 0.3 is 5.97 Å². The number of nitrogens with one attached hydrogen (secondary N) is 1. The maximum atomic E-state index is 12.8. The van der Waals surface area contributed by atoms with Crippen LogP contribution in [0, 0.1) is 6.92 Å². The number of aromatic nitrogens is 2. The number of imidazole rings is 1. The van der Waals surface area contributed by atoms with Crippen molar-refractivity contribution >= 4 is 74.3 Å². The van der Waals surface area contributed by atoms with Crippen molar-refractivity contribution in [3.8, 4) is 5.75 Å². The van der Waals surface area contributed by atoms with Gasteiger partial charge in [0.2, 0.25) is 11.8 Å². The Balaban J connectivity index is 1.40. The maximum absolute atomic E-state index is 12.8. The molecule has 0 saturated heterocycles. The number of pyridine rings is 1. The molecule has 0 spiro atoms. The van der Waals surface area contributed by atoms with Crippen molar-refractivity contribution in [1.82, 2.24) is 14.7 Å². The molecule has 2 heterocycles. The average molecular weight is 646 g/mol. The van der Waals surface area contributed by atoms with E-state index in [0.29, 0.717) is 33.2 Å². The topological polar surface area (TPSA) is 113 Å². The third-order valence-electron chi connectivity index (χ3n) is 5.99. The smallest absolute Gasteiger partial charge is 0.335 e. The molecule has 0 fully saturated rings. The molecule has 4 rings (SSSR count). The Kier molecular flexibility index (Phi) is 9.14. The highest BCUT2D eigenvalue weighted by molar-refractivity contribution is 9.10. The van der Waals surface area contributed by atoms with E-state index in [-0.39, 0.29) is 23.7 Å². The lowest BCUT2D eigenvalue weighted by atomic mass is 10.1. The molecular weight excluding hydrogens is 623 g/mol. The zero-order valence-corrected chi connectivity index (χ0v) is 24.4. The number of ether oxygens (including phenoxy) is 1. The van der Waals surface area contributed by atoms with Gasteiger partial charge in [-0.15, -0.1) is 0 Å². The van der Waals surface area contributed by atoms with Gasteiger partial charge in [0.1, 0.15) is 11.2 Å². The molecule has 2 aromatic heterocycles. The van der Waals surface area contributed by atoms with Gasteiger partial charge in [0.15, 0.2) is 11.4 Å². The number of amides is 2. The molecular formula is C28H23BrCl2N4O5. The Morgan fingerprint density at radius 2 is 1.88 bits per heavy atom. The summed E-state index contributed by atoms with van der Waals surface area (Å²) in [5.41, 5.74) is 3.11. The first-order chi connectivity index (χ1) is 19.1. The number of hydrogen-bond acceptors (Lipinski definition) is 5. The lowest BCUT2D eigenvalue weighted by Gasteiger charge is -2.21. The van der Waals surface area contributed by atoms with Gasteiger partial charge in [-0.3, -0.25) is 14.0 Å². The molecule has 0 saturated carbocycles. The van der Waals surface area contributed by atoms with E-state index in [9.17, 15) is 14.4 Å². The van der Waals surface area contributed by atoms with Gasteiger partial charge in [-0.25, -0.2) is 9.78 Å². The van der Waals surface area contributed by atoms with Crippen LogP contribution in [0.25, 0.3) is 11.7 Å². The first-order valence-electron chi connectivity index (χ1n) is 11.9. The predicted octanol–water partition coefficient (Wildman–Crippen LogP) is 5.78. The third-order valence-corrected chi connectivity index (χ3v) is 7.72. The van der Waals surface area contributed by atoms with Crippen molar-refractivity contribution in [2.45, 2.75) is 13.5 Å². The van der Waals surface area contributed by atoms with Gasteiger partial charge in [-0.05, 0) is 70.9 Å². The van der Waals surface area contributed by atoms with Crippen LogP contribution in [0.5, 0.6) is 5.75 Å². The fourth-order valence-corrected chi connectivity index (χ4v) is 4.73. The Morgan fingerprint density at radius 3 is 2.58 bits per heavy atom. The van der Waals surface area contributed by atoms with Crippen LogP contribution in [-0.4, -0.2) is 45.9 Å². The number of halogens is 3. The summed E-state index contributed by atoms with van der Waals surface area (Å²) >= 11 is 16.6. The van der Waals surface area contributed by atoms with Crippen molar-refractivity contribution in [3.05, 3.63) is 97.8 Å². The molecule has 0 bridgehead atoms. The molecule has 2 N–H and O–H groups in total. The minimum atomic E-state index is -1.04. The summed E-state index contributed by atoms with van der Waals surface area (Å²) in [4.78, 5) is 41.8. The van der Waals surface area contributed by atoms with E-state index in [0.717, 1.165) is 10.3 Å². The van der Waals surface area contributed by atoms with Crippen LogP contribution in [0.15, 0.2) is 65.4 Å². The number of carbonyl (C=O) groups is 3. The van der Waals surface area contributed by atoms with E-state index in [1.807, 2.05) is 23.6 Å². The van der Waals surface area contributed by atoms with Crippen molar-refractivity contribution < 1.29 is 24.2 Å². The normalized spacial score (nSPS) is 11.1. The number of nitrogens with zero attached hydrogens (tertiary/aromatic N) is 3. The van der Waals surface area contributed by atoms with Crippen molar-refractivity contribution in [2.24, 2.45) is 0 Å². The lowest BCUT2D eigenvalue weighted by molar-refractivity contribution is -0.122. The van der Waals surface area contributed by atoms with Crippen molar-refractivity contribution in [3.63, 3.8) is 0 Å². The zero-order valence-electron chi connectivity index (χ0n) is 21.3. The van der Waals surface area contributed by atoms with Crippen molar-refractivity contribution in [2.75, 3.05) is 18.5 Å². The molecule has 4 aromatic rings. The number of carbonyl (C=O) groups excluding carboxylic acids is 2. The highest BCUT2D eigenvalue weighted by atomic mass is 79.9. The summed E-state index contributed by atoms with van der Waals surface area (Å²) in [5, 5.41) is 12.1. The quantitative estimate of drug-likeness (QED) is 0.223. The van der Waals surface area contributed by atoms with Gasteiger partial charge in [-0.2, -0.15) is 0 Å². The third kappa shape index (κ3) is 6.47. The second kappa shape index (κ2) is 12.5. The molecule has 206 valence electrons. The van der Waals surface area contributed by atoms with E-state index >= 15 is 0 Å². The zero-order chi connectivity index (χ0) is 29.0. The number of hydrogen-bond donors (Lipinski definition) is 2. The molecule has 0 radical (unpaired) electrons. The number of carboxylic acids is 1. The number of anilines is 1. The SMILES string of the molecule is Cc1nc2c(OCc3c(Cl)ccc(N(C)C(=O)CNC(=O)C=Cc4ccc(C(=O)O)cc4)c3Cl)cccn2c1Br. The van der Waals surface area contributed by atoms with E-state index in [1.54, 1.807) is 37.4 Å². The molecule has 0 atom stereocenters. The van der Waals surface area contributed by atoms with Crippen LogP contribution in [0.2, 0.25) is 10.0 Å². The van der Waals surface area contributed by atoms with Crippen LogP contribution in [0.1, 0.15) is 27.2 Å². The fourth-order valence-electron chi connectivity index (χ4n) is 3.75. The van der Waals surface area contributed by atoms with E-state index < -0.39 is 17.8 Å². The molecule has 12 heteroatoms. The minimum absolute atomic E-state index is 0.0334. The van der Waals surface area contributed by atoms with Crippen LogP contribution in [0.4, 0.5) is 5.69 Å². The van der Waals surface area contributed by atoms with Crippen molar-refractivity contribution in [1.29, 1.82) is 0 Å². The molecule has 0 aliphatic heterocycles. The highest BCUT2D eigenvalue weighted by Crippen LogP contribution is 2.35. The monoisotopic (exact) mass is 644 g/mol. The van der Waals surface area contributed by atoms with E-state index in [2.05, 4.69) is 26.2 Å². The number of likely N-dealkylation sites (N-methyl/N-ethyl adjacent to an activating group) is 1. The molecule has 0 aliphatic carbocycles. The summed E-state index contributed by atoms with van der Waals surface area (Å²) < 4.78 is 8.70. The Morgan fingerprint density at radius 1 is 1.15 bits per heavy atom. The number of benzene rings is 2. The average Bonchev–Trinajstić information content (AvgIpc) is 3.24. The Labute approximate surface area is 248 Å². The van der Waals surface area contributed by atoms with Crippen LogP contribution in [-0.2, 0) is 16.2 Å². The highest BCUT2D eigenvalue weighted by Gasteiger charge is 2.20. The first-order valence-corrected chi connectivity index (χ1v) is 13.4. The summed E-state index contributed by atoms with van der Waals surface area (Å²) in [7, 11) is 1.54. The molecule has 9 nitrogen and oxygen atoms in total. The molecule has 40 heavy (non-hydrogen) atoms. The number of aryl methyl sites for hydroxylation is 1. The van der Waals surface area contributed by atoms with E-state index in [4.69, 9.17) is 33.0 Å². The number of rotatable bonds is 9. The number of carboxylic acid groups (broad SMARTS) is 1. The Hall–Kier alpha value is -3.86. The molecule has 2 aromatic carbocycles. The second-order valence-corrected chi connectivity index (χ2v) is 10.2. The molecule has 2 amide bonds. The van der Waals surface area contributed by atoms with Gasteiger partial charge < -0.3 is 20.1 Å². The van der Waals surface area contributed by atoms with Gasteiger partial charge in [0.25, 0.3) is 0 Å². The Bertz CT molecular complexity index is 1640. The second-order valence-electron chi connectivity index (χ2n) is 8.63. The standard InChI is InChI=1S/C28H23BrCl2N4O5/c1-16-26(29)35-13-3-4-22(27(35)33-16)40-15-19-20(30)10-11-21(25(19)31)34(2)24(37)14-32-23(36)12-7-17-5-8-18(9-6-17)28(38)39/h3-13H,14-15H2,1-2H3,(H,32,36)(H,38,39).